The van der Waals surface area contributed by atoms with E-state index in [0.29, 0.717) is 6.07 Å². The molecular formula is C5H2BClF4KN. The van der Waals surface area contributed by atoms with Crippen LogP contribution in [0.5, 0.6) is 0 Å². The maximum Gasteiger partial charge on any atom is 1.00 e. The molecule has 0 aliphatic heterocycles. The molecular weight excluding hydrogens is 235 g/mol. The standard InChI is InChI=1S/C5H2BClF4N.K/c7-5-4(6(9,10)11)3(8)1-2-12-5;/h1-2H;/q-1;+1. The number of hydrogen-bond acceptors (Lipinski definition) is 1. The molecule has 1 rings (SSSR count). The maximum absolute atomic E-state index is 12.5. The van der Waals surface area contributed by atoms with Gasteiger partial charge in [-0.15, -0.1) is 0 Å². The van der Waals surface area contributed by atoms with E-state index < -0.39 is 23.4 Å². The number of nitrogens with zero attached hydrogens (tertiary/aromatic N) is 1. The van der Waals surface area contributed by atoms with Crippen LogP contribution in [-0.2, 0) is 0 Å². The van der Waals surface area contributed by atoms with Crippen LogP contribution in [0.4, 0.5) is 17.3 Å². The van der Waals surface area contributed by atoms with Gasteiger partial charge in [0.05, 0.1) is 0 Å². The SMILES string of the molecule is Fc1ccnc(Cl)c1[B-](F)(F)F.[K+]. The van der Waals surface area contributed by atoms with Gasteiger partial charge in [-0.25, -0.2) is 9.37 Å². The predicted molar refractivity (Wildman–Crippen MR) is 37.9 cm³/mol. The normalized spacial score (nSPS) is 10.8. The third kappa shape index (κ3) is 3.49. The molecule has 0 amide bonds. The zero-order valence-electron chi connectivity index (χ0n) is 6.57. The second kappa shape index (κ2) is 5.09. The third-order valence-electron chi connectivity index (χ3n) is 1.22. The third-order valence-corrected chi connectivity index (χ3v) is 1.52. The fraction of sp³-hybridized carbons (Fsp3) is 0. The van der Waals surface area contributed by atoms with Crippen molar-refractivity contribution < 1.29 is 68.7 Å². The van der Waals surface area contributed by atoms with E-state index >= 15 is 0 Å². The summed E-state index contributed by atoms with van der Waals surface area (Å²) < 4.78 is 48.5. The van der Waals surface area contributed by atoms with Crippen molar-refractivity contribution in [2.24, 2.45) is 0 Å². The monoisotopic (exact) mass is 237 g/mol. The van der Waals surface area contributed by atoms with Crippen LogP contribution in [0, 0.1) is 5.82 Å². The van der Waals surface area contributed by atoms with Crippen molar-refractivity contribution in [2.75, 3.05) is 0 Å². The summed E-state index contributed by atoms with van der Waals surface area (Å²) in [5, 5.41) is -0.845. The smallest absolute Gasteiger partial charge is 0.445 e. The van der Waals surface area contributed by atoms with E-state index in [2.05, 4.69) is 4.98 Å². The Morgan fingerprint density at radius 2 is 1.85 bits per heavy atom. The topological polar surface area (TPSA) is 12.9 Å². The minimum absolute atomic E-state index is 0. The van der Waals surface area contributed by atoms with Crippen molar-refractivity contribution in [3.8, 4) is 0 Å². The Morgan fingerprint density at radius 1 is 1.31 bits per heavy atom. The average Bonchev–Trinajstić information content (AvgIpc) is 1.82. The molecule has 1 nitrogen and oxygen atoms in total. The number of aromatic nitrogens is 1. The number of pyridine rings is 1. The summed E-state index contributed by atoms with van der Waals surface area (Å²) >= 11 is 5.06. The van der Waals surface area contributed by atoms with Crippen molar-refractivity contribution in [1.82, 2.24) is 4.98 Å². The minimum atomic E-state index is -5.42. The molecule has 0 atom stereocenters. The summed E-state index contributed by atoms with van der Waals surface area (Å²) in [5.74, 6) is -1.39. The first kappa shape index (κ1) is 13.9. The van der Waals surface area contributed by atoms with Crippen LogP contribution < -0.4 is 56.8 Å². The van der Waals surface area contributed by atoms with Crippen LogP contribution in [0.1, 0.15) is 0 Å². The van der Waals surface area contributed by atoms with E-state index in [1.165, 1.54) is 0 Å². The Hall–Kier alpha value is 0.861. The van der Waals surface area contributed by atoms with Crippen molar-refractivity contribution in [3.63, 3.8) is 0 Å². The Morgan fingerprint density at radius 3 is 2.15 bits per heavy atom. The van der Waals surface area contributed by atoms with Gasteiger partial charge in [-0.05, 0) is 11.5 Å². The van der Waals surface area contributed by atoms with Gasteiger partial charge in [0.2, 0.25) is 0 Å². The molecule has 0 saturated carbocycles. The Bertz CT molecular complexity index is 285. The molecule has 66 valence electrons. The Balaban J connectivity index is 0.00000144. The van der Waals surface area contributed by atoms with E-state index in [4.69, 9.17) is 11.6 Å². The number of halogens is 5. The minimum Gasteiger partial charge on any atom is -0.445 e. The number of hydrogen-bond donors (Lipinski definition) is 0. The fourth-order valence-electron chi connectivity index (χ4n) is 0.717. The second-order valence-corrected chi connectivity index (χ2v) is 2.43. The molecule has 0 spiro atoms. The molecule has 0 aromatic carbocycles. The van der Waals surface area contributed by atoms with Crippen molar-refractivity contribution in [2.45, 2.75) is 0 Å². The van der Waals surface area contributed by atoms with Gasteiger partial charge in [0, 0.05) is 6.20 Å². The second-order valence-electron chi connectivity index (χ2n) is 2.07. The molecule has 0 fully saturated rings. The molecule has 0 N–H and O–H groups in total. The number of rotatable bonds is 1. The van der Waals surface area contributed by atoms with Crippen LogP contribution in [0.3, 0.4) is 0 Å². The molecule has 0 unspecified atom stereocenters. The van der Waals surface area contributed by atoms with Gasteiger partial charge in [-0.3, -0.25) is 0 Å². The molecule has 13 heavy (non-hydrogen) atoms. The van der Waals surface area contributed by atoms with Crippen LogP contribution in [0.2, 0.25) is 5.15 Å². The summed E-state index contributed by atoms with van der Waals surface area (Å²) in [6, 6.07) is 0.621. The molecule has 0 aliphatic carbocycles. The first-order valence-electron chi connectivity index (χ1n) is 2.93. The molecule has 0 aliphatic rings. The van der Waals surface area contributed by atoms with Gasteiger partial charge in [0.1, 0.15) is 11.0 Å². The molecule has 0 bridgehead atoms. The molecule has 0 saturated heterocycles. The quantitative estimate of drug-likeness (QED) is 0.344. The van der Waals surface area contributed by atoms with E-state index in [9.17, 15) is 17.3 Å². The van der Waals surface area contributed by atoms with Gasteiger partial charge in [0.15, 0.2) is 0 Å². The van der Waals surface area contributed by atoms with Crippen LogP contribution in [0.25, 0.3) is 0 Å². The van der Waals surface area contributed by atoms with Gasteiger partial charge in [-0.2, -0.15) is 0 Å². The van der Waals surface area contributed by atoms with Gasteiger partial charge < -0.3 is 12.9 Å². The maximum atomic E-state index is 12.5. The van der Waals surface area contributed by atoms with E-state index in [0.717, 1.165) is 6.20 Å². The molecule has 0 radical (unpaired) electrons. The van der Waals surface area contributed by atoms with E-state index in [1.807, 2.05) is 0 Å². The van der Waals surface area contributed by atoms with Crippen LogP contribution in [-0.4, -0.2) is 12.0 Å². The predicted octanol–water partition coefficient (Wildman–Crippen LogP) is -1.07. The largest absolute Gasteiger partial charge is 1.00 e. The summed E-state index contributed by atoms with van der Waals surface area (Å²) in [4.78, 5) is 3.13. The molecule has 1 heterocycles. The summed E-state index contributed by atoms with van der Waals surface area (Å²) in [5.41, 5.74) is -1.46. The summed E-state index contributed by atoms with van der Waals surface area (Å²) in [7, 11) is 0. The Kier molecular flexibility index (Phi) is 5.42. The van der Waals surface area contributed by atoms with Crippen LogP contribution >= 0.6 is 11.6 Å². The van der Waals surface area contributed by atoms with E-state index in [-0.39, 0.29) is 51.4 Å². The zero-order chi connectivity index (χ0) is 9.35. The molecule has 1 aromatic rings. The fourth-order valence-corrected chi connectivity index (χ4v) is 0.988. The average molecular weight is 237 g/mol. The van der Waals surface area contributed by atoms with E-state index in [1.54, 1.807) is 0 Å². The Labute approximate surface area is 119 Å². The van der Waals surface area contributed by atoms with Crippen molar-refractivity contribution >= 4 is 24.0 Å². The van der Waals surface area contributed by atoms with Gasteiger partial charge in [-0.1, -0.05) is 11.6 Å². The molecule has 8 heteroatoms. The van der Waals surface area contributed by atoms with Gasteiger partial charge >= 0.3 is 58.4 Å². The van der Waals surface area contributed by atoms with Crippen molar-refractivity contribution in [1.29, 1.82) is 0 Å². The summed E-state index contributed by atoms with van der Waals surface area (Å²) in [6.45, 7) is -5.42. The van der Waals surface area contributed by atoms with Gasteiger partial charge in [0.25, 0.3) is 0 Å². The summed E-state index contributed by atoms with van der Waals surface area (Å²) in [6.07, 6.45) is 0.878. The first-order chi connectivity index (χ1) is 5.43. The van der Waals surface area contributed by atoms with Crippen LogP contribution in [0.15, 0.2) is 12.3 Å². The zero-order valence-corrected chi connectivity index (χ0v) is 10.4. The van der Waals surface area contributed by atoms with Crippen molar-refractivity contribution in [3.05, 3.63) is 23.2 Å². The first-order valence-corrected chi connectivity index (χ1v) is 3.30. The molecule has 1 aromatic heterocycles.